The minimum atomic E-state index is -0.734. The Bertz CT molecular complexity index is 386. The summed E-state index contributed by atoms with van der Waals surface area (Å²) >= 11 is 0. The van der Waals surface area contributed by atoms with Gasteiger partial charge in [0.05, 0.1) is 19.1 Å². The lowest BCUT2D eigenvalue weighted by molar-refractivity contribution is -0.142. The van der Waals surface area contributed by atoms with Crippen molar-refractivity contribution in [2.24, 2.45) is 5.92 Å². The number of aliphatic carboxylic acids is 1. The summed E-state index contributed by atoms with van der Waals surface area (Å²) < 4.78 is 10.2. The molecule has 1 aromatic carbocycles. The van der Waals surface area contributed by atoms with Gasteiger partial charge in [0.25, 0.3) is 0 Å². The van der Waals surface area contributed by atoms with Crippen LogP contribution in [0.25, 0.3) is 0 Å². The van der Waals surface area contributed by atoms with Gasteiger partial charge in [-0.2, -0.15) is 0 Å². The van der Waals surface area contributed by atoms with Crippen LogP contribution in [0.2, 0.25) is 0 Å². The van der Waals surface area contributed by atoms with Crippen molar-refractivity contribution in [3.63, 3.8) is 0 Å². The lowest BCUT2D eigenvalue weighted by Gasteiger charge is -2.12. The van der Waals surface area contributed by atoms with Crippen LogP contribution in [0.1, 0.15) is 24.0 Å². The van der Waals surface area contributed by atoms with Crippen molar-refractivity contribution in [2.45, 2.75) is 26.2 Å². The molecule has 112 valence electrons. The molecule has 20 heavy (non-hydrogen) atoms. The molecule has 0 radical (unpaired) electrons. The molecule has 0 aliphatic heterocycles. The number of hydrogen-bond donors (Lipinski definition) is 1. The zero-order chi connectivity index (χ0) is 14.8. The second-order valence-corrected chi connectivity index (χ2v) is 4.97. The molecule has 1 unspecified atom stereocenters. The molecule has 0 bridgehead atoms. The van der Waals surface area contributed by atoms with Gasteiger partial charge in [0.1, 0.15) is 0 Å². The van der Waals surface area contributed by atoms with Gasteiger partial charge in [-0.25, -0.2) is 0 Å². The van der Waals surface area contributed by atoms with Gasteiger partial charge in [-0.1, -0.05) is 29.8 Å². The van der Waals surface area contributed by atoms with E-state index >= 15 is 0 Å². The van der Waals surface area contributed by atoms with Gasteiger partial charge in [-0.15, -0.1) is 0 Å². The largest absolute Gasteiger partial charge is 0.481 e. The first kappa shape index (κ1) is 16.7. The monoisotopic (exact) mass is 280 g/mol. The van der Waals surface area contributed by atoms with Gasteiger partial charge in [0, 0.05) is 13.7 Å². The molecule has 4 nitrogen and oxygen atoms in total. The maximum Gasteiger partial charge on any atom is 0.306 e. The maximum atomic E-state index is 11.3. The van der Waals surface area contributed by atoms with Crippen molar-refractivity contribution < 1.29 is 19.4 Å². The van der Waals surface area contributed by atoms with Crippen LogP contribution in [0, 0.1) is 12.8 Å². The highest BCUT2D eigenvalue weighted by Gasteiger charge is 2.17. The van der Waals surface area contributed by atoms with Crippen LogP contribution in [0.4, 0.5) is 0 Å². The predicted molar refractivity (Wildman–Crippen MR) is 77.9 cm³/mol. The summed E-state index contributed by atoms with van der Waals surface area (Å²) in [7, 11) is 1.63. The molecule has 1 atom stereocenters. The molecule has 0 aliphatic carbocycles. The molecular weight excluding hydrogens is 256 g/mol. The number of carboxylic acid groups (broad SMARTS) is 1. The van der Waals surface area contributed by atoms with Gasteiger partial charge in [0.15, 0.2) is 0 Å². The van der Waals surface area contributed by atoms with Crippen molar-refractivity contribution >= 4 is 5.97 Å². The van der Waals surface area contributed by atoms with E-state index in [2.05, 4.69) is 0 Å². The molecule has 1 N–H and O–H groups in total. The number of carboxylic acids is 1. The van der Waals surface area contributed by atoms with Crippen LogP contribution < -0.4 is 0 Å². The van der Waals surface area contributed by atoms with Crippen LogP contribution in [-0.2, 0) is 20.7 Å². The highest BCUT2D eigenvalue weighted by Crippen LogP contribution is 2.15. The summed E-state index contributed by atoms with van der Waals surface area (Å²) in [5.74, 6) is -1.08. The van der Waals surface area contributed by atoms with E-state index in [1.165, 1.54) is 5.56 Å². The zero-order valence-electron chi connectivity index (χ0n) is 12.3. The first-order chi connectivity index (χ1) is 9.63. The van der Waals surface area contributed by atoms with Crippen LogP contribution in [-0.4, -0.2) is 38.0 Å². The zero-order valence-corrected chi connectivity index (χ0v) is 12.3. The Kier molecular flexibility index (Phi) is 7.92. The predicted octanol–water partition coefficient (Wildman–Crippen LogP) is 2.68. The molecule has 0 amide bonds. The minimum Gasteiger partial charge on any atom is -0.481 e. The van der Waals surface area contributed by atoms with Crippen molar-refractivity contribution in [1.29, 1.82) is 0 Å². The second-order valence-electron chi connectivity index (χ2n) is 4.97. The Balaban J connectivity index is 2.33. The summed E-state index contributed by atoms with van der Waals surface area (Å²) in [5.41, 5.74) is 2.26. The Hall–Kier alpha value is -1.39. The molecule has 0 aliphatic rings. The normalized spacial score (nSPS) is 12.3. The van der Waals surface area contributed by atoms with E-state index < -0.39 is 5.97 Å². The first-order valence-electron chi connectivity index (χ1n) is 6.98. The smallest absolute Gasteiger partial charge is 0.306 e. The van der Waals surface area contributed by atoms with Crippen LogP contribution in [0.3, 0.4) is 0 Å². The summed E-state index contributed by atoms with van der Waals surface area (Å²) in [6.07, 6.45) is 1.97. The van der Waals surface area contributed by atoms with Gasteiger partial charge < -0.3 is 14.6 Å². The SMILES string of the molecule is COCCOCCCC(Cc1ccc(C)cc1)C(=O)O. The van der Waals surface area contributed by atoms with E-state index in [0.717, 1.165) is 12.0 Å². The number of carbonyl (C=O) groups is 1. The highest BCUT2D eigenvalue weighted by atomic mass is 16.5. The third kappa shape index (κ3) is 6.68. The Morgan fingerprint density at radius 3 is 2.50 bits per heavy atom. The van der Waals surface area contributed by atoms with E-state index in [0.29, 0.717) is 32.7 Å². The molecule has 0 spiro atoms. The maximum absolute atomic E-state index is 11.3. The average molecular weight is 280 g/mol. The van der Waals surface area contributed by atoms with Gasteiger partial charge >= 0.3 is 5.97 Å². The standard InChI is InChI=1S/C16H24O4/c1-13-5-7-14(8-6-13)12-15(16(17)18)4-3-9-20-11-10-19-2/h5-8,15H,3-4,9-12H2,1-2H3,(H,17,18). The van der Waals surface area contributed by atoms with Crippen molar-refractivity contribution in [2.75, 3.05) is 26.9 Å². The lowest BCUT2D eigenvalue weighted by atomic mass is 9.94. The van der Waals surface area contributed by atoms with Gasteiger partial charge in [0.2, 0.25) is 0 Å². The van der Waals surface area contributed by atoms with Crippen LogP contribution >= 0.6 is 0 Å². The van der Waals surface area contributed by atoms with E-state index in [9.17, 15) is 9.90 Å². The lowest BCUT2D eigenvalue weighted by Crippen LogP contribution is -2.17. The molecule has 4 heteroatoms. The minimum absolute atomic E-state index is 0.344. The highest BCUT2D eigenvalue weighted by molar-refractivity contribution is 5.70. The summed E-state index contributed by atoms with van der Waals surface area (Å²) in [6, 6.07) is 8.03. The summed E-state index contributed by atoms with van der Waals surface area (Å²) in [4.78, 5) is 11.3. The molecule has 0 saturated carbocycles. The Labute approximate surface area is 120 Å². The molecule has 1 aromatic rings. The third-order valence-electron chi connectivity index (χ3n) is 3.23. The van der Waals surface area contributed by atoms with E-state index in [4.69, 9.17) is 9.47 Å². The third-order valence-corrected chi connectivity index (χ3v) is 3.23. The van der Waals surface area contributed by atoms with Crippen molar-refractivity contribution in [3.8, 4) is 0 Å². The molecular formula is C16H24O4. The van der Waals surface area contributed by atoms with E-state index in [1.54, 1.807) is 7.11 Å². The Morgan fingerprint density at radius 1 is 1.20 bits per heavy atom. The van der Waals surface area contributed by atoms with E-state index in [-0.39, 0.29) is 5.92 Å². The fraction of sp³-hybridized carbons (Fsp3) is 0.562. The van der Waals surface area contributed by atoms with Crippen LogP contribution in [0.15, 0.2) is 24.3 Å². The van der Waals surface area contributed by atoms with Crippen molar-refractivity contribution in [1.82, 2.24) is 0 Å². The number of rotatable bonds is 10. The van der Waals surface area contributed by atoms with Crippen molar-refractivity contribution in [3.05, 3.63) is 35.4 Å². The van der Waals surface area contributed by atoms with Crippen LogP contribution in [0.5, 0.6) is 0 Å². The summed E-state index contributed by atoms with van der Waals surface area (Å²) in [6.45, 7) is 3.74. The Morgan fingerprint density at radius 2 is 1.90 bits per heavy atom. The second kappa shape index (κ2) is 9.50. The molecule has 0 fully saturated rings. The molecule has 0 heterocycles. The number of ether oxygens (including phenoxy) is 2. The van der Waals surface area contributed by atoms with Gasteiger partial charge in [-0.05, 0) is 31.7 Å². The van der Waals surface area contributed by atoms with E-state index in [1.807, 2.05) is 31.2 Å². The number of methoxy groups -OCH3 is 1. The molecule has 0 saturated heterocycles. The van der Waals surface area contributed by atoms with Gasteiger partial charge in [-0.3, -0.25) is 4.79 Å². The quantitative estimate of drug-likeness (QED) is 0.669. The first-order valence-corrected chi connectivity index (χ1v) is 6.98. The molecule has 0 aromatic heterocycles. The average Bonchev–Trinajstić information content (AvgIpc) is 2.43. The number of aryl methyl sites for hydroxylation is 1. The fourth-order valence-corrected chi connectivity index (χ4v) is 2.00. The topological polar surface area (TPSA) is 55.8 Å². The molecule has 1 rings (SSSR count). The number of hydrogen-bond acceptors (Lipinski definition) is 3. The number of benzene rings is 1. The summed E-state index contributed by atoms with van der Waals surface area (Å²) in [5, 5.41) is 9.27. The fourth-order valence-electron chi connectivity index (χ4n) is 2.00.